The van der Waals surface area contributed by atoms with Crippen LogP contribution in [0.25, 0.3) is 0 Å². The molecule has 1 rings (SSSR count). The van der Waals surface area contributed by atoms with Crippen LogP contribution in [0.3, 0.4) is 0 Å². The van der Waals surface area contributed by atoms with Gasteiger partial charge in [0.1, 0.15) is 6.20 Å². The Morgan fingerprint density at radius 3 is 2.92 bits per heavy atom. The molecule has 0 radical (unpaired) electrons. The van der Waals surface area contributed by atoms with Crippen molar-refractivity contribution < 1.29 is 14.4 Å². The van der Waals surface area contributed by atoms with Crippen LogP contribution >= 0.6 is 0 Å². The average Bonchev–Trinajstić information content (AvgIpc) is 2.37. The SMILES string of the molecule is O=[N+]([O-])C[N+]([O-])=Nc1cnon1. The molecule has 0 saturated heterocycles. The second-order valence-corrected chi connectivity index (χ2v) is 1.69. The molecule has 64 valence electrons. The quantitative estimate of drug-likeness (QED) is 0.207. The third-order valence-electron chi connectivity index (χ3n) is 0.800. The number of nitro groups is 1. The van der Waals surface area contributed by atoms with Gasteiger partial charge in [0.05, 0.1) is 4.92 Å². The Morgan fingerprint density at radius 1 is 1.67 bits per heavy atom. The maximum absolute atomic E-state index is 10.5. The summed E-state index contributed by atoms with van der Waals surface area (Å²) in [4.78, 5) is 8.84. The zero-order valence-corrected chi connectivity index (χ0v) is 5.65. The molecule has 0 amide bonds. The smallest absolute Gasteiger partial charge is 0.422 e. The molecule has 1 aromatic heterocycles. The van der Waals surface area contributed by atoms with Crippen LogP contribution in [0.4, 0.5) is 5.82 Å². The molecule has 1 aromatic rings. The van der Waals surface area contributed by atoms with Gasteiger partial charge in [0, 0.05) is 5.11 Å². The highest BCUT2D eigenvalue weighted by Gasteiger charge is 2.06. The van der Waals surface area contributed by atoms with Gasteiger partial charge in [-0.2, -0.15) is 0 Å². The molecule has 0 spiro atoms. The fourth-order valence-electron chi connectivity index (χ4n) is 0.448. The van der Waals surface area contributed by atoms with Gasteiger partial charge in [-0.05, 0) is 10.0 Å². The highest BCUT2D eigenvalue weighted by molar-refractivity contribution is 5.14. The minimum atomic E-state index is -0.938. The van der Waals surface area contributed by atoms with Gasteiger partial charge in [-0.3, -0.25) is 10.1 Å². The molecule has 0 fully saturated rings. The van der Waals surface area contributed by atoms with Crippen LogP contribution in [-0.4, -0.2) is 26.8 Å². The first-order valence-corrected chi connectivity index (χ1v) is 2.74. The Kier molecular flexibility index (Phi) is 2.26. The molecule has 0 aliphatic heterocycles. The lowest BCUT2D eigenvalue weighted by molar-refractivity contribution is -0.710. The Balaban J connectivity index is 2.63. The molecule has 0 unspecified atom stereocenters. The van der Waals surface area contributed by atoms with E-state index in [0.29, 0.717) is 0 Å². The van der Waals surface area contributed by atoms with Crippen molar-refractivity contribution in [3.63, 3.8) is 0 Å². The summed E-state index contributed by atoms with van der Waals surface area (Å²) >= 11 is 0. The highest BCUT2D eigenvalue weighted by Crippen LogP contribution is 2.02. The van der Waals surface area contributed by atoms with Crippen LogP contribution in [0.5, 0.6) is 0 Å². The Hall–Kier alpha value is -2.06. The first-order valence-electron chi connectivity index (χ1n) is 2.74. The summed E-state index contributed by atoms with van der Waals surface area (Å²) in [7, 11) is 0. The van der Waals surface area contributed by atoms with Crippen molar-refractivity contribution >= 4 is 5.82 Å². The molecule has 0 N–H and O–H groups in total. The monoisotopic (exact) mass is 173 g/mol. The van der Waals surface area contributed by atoms with Gasteiger partial charge in [0.2, 0.25) is 0 Å². The van der Waals surface area contributed by atoms with Crippen molar-refractivity contribution in [3.8, 4) is 0 Å². The van der Waals surface area contributed by atoms with Crippen molar-refractivity contribution in [2.45, 2.75) is 0 Å². The van der Waals surface area contributed by atoms with E-state index in [4.69, 9.17) is 0 Å². The topological polar surface area (TPSA) is 120 Å². The van der Waals surface area contributed by atoms with Gasteiger partial charge >= 0.3 is 6.67 Å². The first kappa shape index (κ1) is 8.04. The molecular weight excluding hydrogens is 170 g/mol. The largest absolute Gasteiger partial charge is 0.595 e. The van der Waals surface area contributed by atoms with E-state index in [0.717, 1.165) is 6.20 Å². The summed E-state index contributed by atoms with van der Waals surface area (Å²) in [5, 5.41) is 29.7. The normalized spacial score (nSPS) is 11.5. The summed E-state index contributed by atoms with van der Waals surface area (Å²) in [5.74, 6) is -0.105. The molecule has 12 heavy (non-hydrogen) atoms. The van der Waals surface area contributed by atoms with Crippen LogP contribution in [0.1, 0.15) is 0 Å². The van der Waals surface area contributed by atoms with Crippen LogP contribution < -0.4 is 0 Å². The lowest BCUT2D eigenvalue weighted by Gasteiger charge is -1.90. The number of hydrogen-bond acceptors (Lipinski definition) is 7. The van der Waals surface area contributed by atoms with Crippen molar-refractivity contribution in [3.05, 3.63) is 21.5 Å². The second kappa shape index (κ2) is 3.37. The predicted molar refractivity (Wildman–Crippen MR) is 31.9 cm³/mol. The molecule has 0 aliphatic rings. The zero-order valence-electron chi connectivity index (χ0n) is 5.65. The van der Waals surface area contributed by atoms with Crippen molar-refractivity contribution in [2.75, 3.05) is 6.67 Å². The zero-order chi connectivity index (χ0) is 8.97. The van der Waals surface area contributed by atoms with E-state index in [1.54, 1.807) is 0 Å². The molecule has 1 heterocycles. The van der Waals surface area contributed by atoms with E-state index < -0.39 is 11.6 Å². The van der Waals surface area contributed by atoms with Gasteiger partial charge in [0.25, 0.3) is 5.82 Å². The summed E-state index contributed by atoms with van der Waals surface area (Å²) < 4.78 is 4.09. The summed E-state index contributed by atoms with van der Waals surface area (Å²) in [5.41, 5.74) is 0. The van der Waals surface area contributed by atoms with Crippen molar-refractivity contribution in [1.82, 2.24) is 10.3 Å². The third-order valence-corrected chi connectivity index (χ3v) is 0.800. The van der Waals surface area contributed by atoms with Gasteiger partial charge < -0.3 is 5.21 Å². The predicted octanol–water partition coefficient (Wildman–Crippen LogP) is -0.102. The van der Waals surface area contributed by atoms with Crippen molar-refractivity contribution in [1.29, 1.82) is 0 Å². The number of aromatic nitrogens is 2. The molecule has 9 nitrogen and oxygen atoms in total. The van der Waals surface area contributed by atoms with E-state index in [2.05, 4.69) is 20.1 Å². The number of rotatable bonds is 3. The van der Waals surface area contributed by atoms with E-state index in [9.17, 15) is 15.3 Å². The number of azo groups is 1. The molecule has 0 aromatic carbocycles. The van der Waals surface area contributed by atoms with E-state index >= 15 is 0 Å². The number of nitrogens with zero attached hydrogens (tertiary/aromatic N) is 5. The standard InChI is InChI=1S/C3H3N5O4/c9-7(2-8(10)11)5-3-1-4-12-6-3/h1H,2H2. The molecule has 0 atom stereocenters. The fraction of sp³-hybridized carbons (Fsp3) is 0.333. The summed E-state index contributed by atoms with van der Waals surface area (Å²) in [6, 6.07) is 0. The minimum absolute atomic E-state index is 0.105. The van der Waals surface area contributed by atoms with Gasteiger partial charge in [0.15, 0.2) is 0 Å². The number of hydrogen-bond donors (Lipinski definition) is 0. The first-order chi connectivity index (χ1) is 5.68. The van der Waals surface area contributed by atoms with E-state index in [-0.39, 0.29) is 10.7 Å². The van der Waals surface area contributed by atoms with Crippen LogP contribution in [0.15, 0.2) is 15.9 Å². The van der Waals surface area contributed by atoms with Crippen LogP contribution in [0, 0.1) is 15.3 Å². The molecule has 0 saturated carbocycles. The maximum atomic E-state index is 10.5. The fourth-order valence-corrected chi connectivity index (χ4v) is 0.448. The average molecular weight is 173 g/mol. The van der Waals surface area contributed by atoms with Gasteiger partial charge in [-0.1, -0.05) is 5.16 Å². The summed E-state index contributed by atoms with van der Waals surface area (Å²) in [6.07, 6.45) is 1.06. The Morgan fingerprint density at radius 2 is 2.42 bits per heavy atom. The lowest BCUT2D eigenvalue weighted by atomic mass is 10.8. The maximum Gasteiger partial charge on any atom is 0.422 e. The molecule has 0 aliphatic carbocycles. The molecule has 0 bridgehead atoms. The van der Waals surface area contributed by atoms with Crippen molar-refractivity contribution in [2.24, 2.45) is 5.11 Å². The van der Waals surface area contributed by atoms with E-state index in [1.165, 1.54) is 0 Å². The summed E-state index contributed by atoms with van der Waals surface area (Å²) in [6.45, 7) is -0.938. The minimum Gasteiger partial charge on any atom is -0.595 e. The highest BCUT2D eigenvalue weighted by atomic mass is 16.6. The Labute approximate surface area is 65.0 Å². The lowest BCUT2D eigenvalue weighted by Crippen LogP contribution is -2.11. The van der Waals surface area contributed by atoms with Crippen LogP contribution in [-0.2, 0) is 0 Å². The number of hydroxylamine groups is 1. The van der Waals surface area contributed by atoms with Gasteiger partial charge in [-0.15, -0.1) is 0 Å². The second-order valence-electron chi connectivity index (χ2n) is 1.69. The Bertz CT molecular complexity index is 292. The van der Waals surface area contributed by atoms with Crippen LogP contribution in [0.2, 0.25) is 0 Å². The van der Waals surface area contributed by atoms with Gasteiger partial charge in [-0.25, -0.2) is 4.63 Å². The molecular formula is C3H3N5O4. The third kappa shape index (κ3) is 2.28. The van der Waals surface area contributed by atoms with E-state index in [1.807, 2.05) is 0 Å². The molecule has 9 heteroatoms.